The average Bonchev–Trinajstić information content (AvgIpc) is 3.07. The molecule has 0 spiro atoms. The first-order chi connectivity index (χ1) is 11.8. The number of carbonyl (C=O) groups is 1. The minimum absolute atomic E-state index is 0.144. The van der Waals surface area contributed by atoms with Gasteiger partial charge in [0.05, 0.1) is 5.69 Å². The number of nitrogens with zero attached hydrogens (tertiary/aromatic N) is 1. The summed E-state index contributed by atoms with van der Waals surface area (Å²) in [5.74, 6) is 0.413. The Morgan fingerprint density at radius 2 is 1.71 bits per heavy atom. The molecule has 0 bridgehead atoms. The summed E-state index contributed by atoms with van der Waals surface area (Å²) < 4.78 is 0. The summed E-state index contributed by atoms with van der Waals surface area (Å²) in [7, 11) is 0. The second-order valence-corrected chi connectivity index (χ2v) is 6.67. The number of ketones is 1. The quantitative estimate of drug-likeness (QED) is 0.730. The van der Waals surface area contributed by atoms with Crippen LogP contribution in [0.5, 0.6) is 0 Å². The minimum atomic E-state index is 0.144. The normalized spacial score (nSPS) is 16.5. The molecule has 1 fully saturated rings. The smallest absolute Gasteiger partial charge is 0.182 e. The van der Waals surface area contributed by atoms with Gasteiger partial charge in [-0.2, -0.15) is 0 Å². The summed E-state index contributed by atoms with van der Waals surface area (Å²) in [5, 5.41) is 1.11. The van der Waals surface area contributed by atoms with Gasteiger partial charge in [-0.1, -0.05) is 48.5 Å². The van der Waals surface area contributed by atoms with Crippen LogP contribution in [-0.2, 0) is 6.54 Å². The van der Waals surface area contributed by atoms with Crippen molar-refractivity contribution in [3.05, 3.63) is 71.9 Å². The number of likely N-dealkylation sites (tertiary alicyclic amines) is 1. The van der Waals surface area contributed by atoms with Crippen molar-refractivity contribution in [1.29, 1.82) is 0 Å². The maximum Gasteiger partial charge on any atom is 0.182 e. The van der Waals surface area contributed by atoms with Crippen LogP contribution in [0, 0.1) is 5.92 Å². The van der Waals surface area contributed by atoms with Crippen molar-refractivity contribution in [3.63, 3.8) is 0 Å². The van der Waals surface area contributed by atoms with Gasteiger partial charge in [-0.3, -0.25) is 9.69 Å². The lowest BCUT2D eigenvalue weighted by atomic mass is 9.91. The SMILES string of the molecule is O=C(c1cc2ccccc2[nH]1)C1CCN(Cc2ccccc2)CC1. The molecular formula is C21H22N2O. The van der Waals surface area contributed by atoms with Crippen LogP contribution in [-0.4, -0.2) is 28.8 Å². The lowest BCUT2D eigenvalue weighted by molar-refractivity contribution is 0.0830. The third-order valence-corrected chi connectivity index (χ3v) is 5.00. The van der Waals surface area contributed by atoms with Crippen LogP contribution in [0.1, 0.15) is 28.9 Å². The van der Waals surface area contributed by atoms with Gasteiger partial charge in [0.2, 0.25) is 0 Å². The maximum absolute atomic E-state index is 12.8. The van der Waals surface area contributed by atoms with Gasteiger partial charge >= 0.3 is 0 Å². The first kappa shape index (κ1) is 15.2. The molecular weight excluding hydrogens is 296 g/mol. The summed E-state index contributed by atoms with van der Waals surface area (Å²) in [5.41, 5.74) is 3.15. The number of benzene rings is 2. The molecule has 3 aromatic rings. The molecule has 0 unspecified atom stereocenters. The van der Waals surface area contributed by atoms with Crippen LogP contribution in [0.4, 0.5) is 0 Å². The van der Waals surface area contributed by atoms with E-state index in [1.54, 1.807) is 0 Å². The number of Topliss-reactive ketones (excluding diaryl/α,β-unsaturated/α-hetero) is 1. The minimum Gasteiger partial charge on any atom is -0.352 e. The third kappa shape index (κ3) is 3.13. The van der Waals surface area contributed by atoms with Crippen molar-refractivity contribution in [2.24, 2.45) is 5.92 Å². The molecule has 0 atom stereocenters. The average molecular weight is 318 g/mol. The molecule has 3 nitrogen and oxygen atoms in total. The second kappa shape index (κ2) is 6.62. The fourth-order valence-electron chi connectivity index (χ4n) is 3.62. The van der Waals surface area contributed by atoms with Crippen LogP contribution < -0.4 is 0 Å². The molecule has 1 aromatic heterocycles. The number of aromatic nitrogens is 1. The fraction of sp³-hybridized carbons (Fsp3) is 0.286. The zero-order valence-corrected chi connectivity index (χ0v) is 13.7. The molecule has 3 heteroatoms. The highest BCUT2D eigenvalue weighted by Crippen LogP contribution is 2.24. The second-order valence-electron chi connectivity index (χ2n) is 6.67. The number of para-hydroxylation sites is 1. The first-order valence-electron chi connectivity index (χ1n) is 8.68. The van der Waals surface area contributed by atoms with Crippen molar-refractivity contribution in [3.8, 4) is 0 Å². The Balaban J connectivity index is 1.39. The number of fused-ring (bicyclic) bond motifs is 1. The summed E-state index contributed by atoms with van der Waals surface area (Å²) in [6.45, 7) is 2.96. The molecule has 2 heterocycles. The molecule has 0 radical (unpaired) electrons. The van der Waals surface area contributed by atoms with Gasteiger partial charge in [-0.15, -0.1) is 0 Å². The summed E-state index contributed by atoms with van der Waals surface area (Å²) in [6.07, 6.45) is 1.89. The number of hydrogen-bond acceptors (Lipinski definition) is 2. The Morgan fingerprint density at radius 3 is 2.46 bits per heavy atom. The molecule has 1 saturated heterocycles. The lowest BCUT2D eigenvalue weighted by Crippen LogP contribution is -2.36. The van der Waals surface area contributed by atoms with Gasteiger partial charge in [-0.05, 0) is 43.6 Å². The monoisotopic (exact) mass is 318 g/mol. The van der Waals surface area contributed by atoms with E-state index in [1.807, 2.05) is 30.3 Å². The van der Waals surface area contributed by atoms with E-state index in [4.69, 9.17) is 0 Å². The van der Waals surface area contributed by atoms with Gasteiger partial charge in [-0.25, -0.2) is 0 Å². The van der Waals surface area contributed by atoms with Gasteiger partial charge in [0.25, 0.3) is 0 Å². The number of aromatic amines is 1. The van der Waals surface area contributed by atoms with E-state index in [0.29, 0.717) is 0 Å². The Kier molecular flexibility index (Phi) is 4.18. The Labute approximate surface area is 142 Å². The molecule has 2 aromatic carbocycles. The van der Waals surface area contributed by atoms with E-state index < -0.39 is 0 Å². The fourth-order valence-corrected chi connectivity index (χ4v) is 3.62. The number of hydrogen-bond donors (Lipinski definition) is 1. The highest BCUT2D eigenvalue weighted by atomic mass is 16.1. The first-order valence-corrected chi connectivity index (χ1v) is 8.68. The van der Waals surface area contributed by atoms with E-state index in [9.17, 15) is 4.79 Å². The van der Waals surface area contributed by atoms with Crippen LogP contribution >= 0.6 is 0 Å². The lowest BCUT2D eigenvalue weighted by Gasteiger charge is -2.31. The standard InChI is InChI=1S/C21H22N2O/c24-21(20-14-18-8-4-5-9-19(18)22-20)17-10-12-23(13-11-17)15-16-6-2-1-3-7-16/h1-9,14,17,22H,10-13,15H2. The largest absolute Gasteiger partial charge is 0.352 e. The molecule has 122 valence electrons. The zero-order chi connectivity index (χ0) is 16.4. The number of nitrogens with one attached hydrogen (secondary N) is 1. The summed E-state index contributed by atoms with van der Waals surface area (Å²) in [4.78, 5) is 18.5. The van der Waals surface area contributed by atoms with Crippen molar-refractivity contribution >= 4 is 16.7 Å². The Bertz CT molecular complexity index is 796. The van der Waals surface area contributed by atoms with Crippen LogP contribution in [0.2, 0.25) is 0 Å². The molecule has 0 aliphatic carbocycles. The predicted octanol–water partition coefficient (Wildman–Crippen LogP) is 4.26. The van der Waals surface area contributed by atoms with E-state index in [1.165, 1.54) is 5.56 Å². The van der Waals surface area contributed by atoms with Crippen LogP contribution in [0.3, 0.4) is 0 Å². The molecule has 1 aliphatic heterocycles. The Hall–Kier alpha value is -2.39. The van der Waals surface area contributed by atoms with Crippen LogP contribution in [0.25, 0.3) is 10.9 Å². The highest BCUT2D eigenvalue weighted by Gasteiger charge is 2.26. The molecule has 0 saturated carbocycles. The Morgan fingerprint density at radius 1 is 1.00 bits per heavy atom. The molecule has 4 rings (SSSR count). The summed E-state index contributed by atoms with van der Waals surface area (Å²) >= 11 is 0. The van der Waals surface area contributed by atoms with Crippen LogP contribution in [0.15, 0.2) is 60.7 Å². The van der Waals surface area contributed by atoms with E-state index in [2.05, 4.69) is 40.2 Å². The number of H-pyrrole nitrogens is 1. The molecule has 1 aliphatic rings. The zero-order valence-electron chi connectivity index (χ0n) is 13.7. The summed E-state index contributed by atoms with van der Waals surface area (Å²) in [6, 6.07) is 20.6. The van der Waals surface area contributed by atoms with E-state index in [0.717, 1.165) is 49.1 Å². The number of rotatable bonds is 4. The van der Waals surface area contributed by atoms with Gasteiger partial charge in [0.1, 0.15) is 0 Å². The number of carbonyl (C=O) groups excluding carboxylic acids is 1. The maximum atomic E-state index is 12.8. The van der Waals surface area contributed by atoms with E-state index in [-0.39, 0.29) is 11.7 Å². The van der Waals surface area contributed by atoms with Crippen molar-refractivity contribution in [2.45, 2.75) is 19.4 Å². The molecule has 24 heavy (non-hydrogen) atoms. The highest BCUT2D eigenvalue weighted by molar-refractivity contribution is 6.00. The number of piperidine rings is 1. The predicted molar refractivity (Wildman–Crippen MR) is 97.1 cm³/mol. The van der Waals surface area contributed by atoms with Gasteiger partial charge in [0, 0.05) is 23.4 Å². The van der Waals surface area contributed by atoms with Gasteiger partial charge in [0.15, 0.2) is 5.78 Å². The van der Waals surface area contributed by atoms with Crippen molar-refractivity contribution in [1.82, 2.24) is 9.88 Å². The van der Waals surface area contributed by atoms with Crippen molar-refractivity contribution < 1.29 is 4.79 Å². The van der Waals surface area contributed by atoms with E-state index >= 15 is 0 Å². The van der Waals surface area contributed by atoms with Crippen molar-refractivity contribution in [2.75, 3.05) is 13.1 Å². The third-order valence-electron chi connectivity index (χ3n) is 5.00. The molecule has 0 amide bonds. The van der Waals surface area contributed by atoms with Gasteiger partial charge < -0.3 is 4.98 Å². The molecule has 1 N–H and O–H groups in total. The topological polar surface area (TPSA) is 36.1 Å².